The van der Waals surface area contributed by atoms with E-state index < -0.39 is 17.4 Å². The first-order valence-corrected chi connectivity index (χ1v) is 6.72. The van der Waals surface area contributed by atoms with Crippen LogP contribution in [0.2, 0.25) is 5.02 Å². The summed E-state index contributed by atoms with van der Waals surface area (Å²) in [5.41, 5.74) is 6.03. The molecule has 0 saturated heterocycles. The number of nitrogens with one attached hydrogen (secondary N) is 1. The van der Waals surface area contributed by atoms with Crippen LogP contribution in [0.25, 0.3) is 0 Å². The van der Waals surface area contributed by atoms with Crippen LogP contribution in [-0.4, -0.2) is 28.8 Å². The average Bonchev–Trinajstić information content (AvgIpc) is 2.32. The van der Waals surface area contributed by atoms with Crippen molar-refractivity contribution < 1.29 is 9.59 Å². The highest BCUT2D eigenvalue weighted by Gasteiger charge is 2.29. The Labute approximate surface area is 124 Å². The second kappa shape index (κ2) is 6.13. The molecule has 2 amide bonds. The monoisotopic (exact) mass is 297 g/mol. The van der Waals surface area contributed by atoms with E-state index in [-0.39, 0.29) is 0 Å². The highest BCUT2D eigenvalue weighted by molar-refractivity contribution is 6.40. The number of nitrogens with zero attached hydrogens (tertiary/aromatic N) is 1. The van der Waals surface area contributed by atoms with Gasteiger partial charge in [-0.05, 0) is 45.9 Å². The number of hydrogen-bond donors (Lipinski definition) is 2. The Morgan fingerprint density at radius 3 is 2.40 bits per heavy atom. The highest BCUT2D eigenvalue weighted by Crippen LogP contribution is 2.22. The second-order valence-electron chi connectivity index (χ2n) is 5.41. The summed E-state index contributed by atoms with van der Waals surface area (Å²) in [6.07, 6.45) is 0. The second-order valence-corrected chi connectivity index (χ2v) is 5.82. The summed E-state index contributed by atoms with van der Waals surface area (Å²) < 4.78 is 0. The SMILES string of the molecule is CCN(C(=O)C(=O)Nc1ccc(N)c(Cl)c1)C(C)(C)C. The molecule has 0 radical (unpaired) electrons. The van der Waals surface area contributed by atoms with Gasteiger partial charge < -0.3 is 16.0 Å². The van der Waals surface area contributed by atoms with Crippen molar-refractivity contribution in [3.05, 3.63) is 23.2 Å². The molecular weight excluding hydrogens is 278 g/mol. The van der Waals surface area contributed by atoms with Crippen molar-refractivity contribution in [2.45, 2.75) is 33.2 Å². The molecule has 3 N–H and O–H groups in total. The van der Waals surface area contributed by atoms with Crippen LogP contribution in [0, 0.1) is 0 Å². The molecule has 110 valence electrons. The lowest BCUT2D eigenvalue weighted by atomic mass is 10.1. The number of halogens is 1. The third-order valence-electron chi connectivity index (χ3n) is 2.82. The van der Waals surface area contributed by atoms with Crippen LogP contribution < -0.4 is 11.1 Å². The van der Waals surface area contributed by atoms with E-state index in [0.717, 1.165) is 0 Å². The van der Waals surface area contributed by atoms with Gasteiger partial charge in [0.2, 0.25) is 0 Å². The number of amides is 2. The summed E-state index contributed by atoms with van der Waals surface area (Å²) in [7, 11) is 0. The van der Waals surface area contributed by atoms with Gasteiger partial charge in [0, 0.05) is 17.8 Å². The third-order valence-corrected chi connectivity index (χ3v) is 3.15. The molecule has 0 atom stereocenters. The van der Waals surface area contributed by atoms with Gasteiger partial charge in [-0.2, -0.15) is 0 Å². The minimum atomic E-state index is -0.692. The predicted octanol–water partition coefficient (Wildman–Crippen LogP) is 2.51. The van der Waals surface area contributed by atoms with Gasteiger partial charge in [0.25, 0.3) is 0 Å². The predicted molar refractivity (Wildman–Crippen MR) is 81.6 cm³/mol. The maximum atomic E-state index is 12.1. The van der Waals surface area contributed by atoms with Crippen molar-refractivity contribution in [2.24, 2.45) is 0 Å². The largest absolute Gasteiger partial charge is 0.398 e. The quantitative estimate of drug-likeness (QED) is 0.650. The van der Waals surface area contributed by atoms with E-state index in [4.69, 9.17) is 17.3 Å². The zero-order chi connectivity index (χ0) is 15.5. The van der Waals surface area contributed by atoms with Gasteiger partial charge in [0.15, 0.2) is 0 Å². The summed E-state index contributed by atoms with van der Waals surface area (Å²) in [5, 5.41) is 2.86. The normalized spacial score (nSPS) is 11.1. The zero-order valence-electron chi connectivity index (χ0n) is 12.2. The van der Waals surface area contributed by atoms with E-state index in [0.29, 0.717) is 22.9 Å². The van der Waals surface area contributed by atoms with Gasteiger partial charge in [-0.1, -0.05) is 11.6 Å². The zero-order valence-corrected chi connectivity index (χ0v) is 12.9. The van der Waals surface area contributed by atoms with E-state index in [1.165, 1.54) is 11.0 Å². The molecule has 0 aliphatic heterocycles. The summed E-state index contributed by atoms with van der Waals surface area (Å²) in [6.45, 7) is 7.92. The summed E-state index contributed by atoms with van der Waals surface area (Å²) in [6, 6.07) is 4.68. The molecule has 1 rings (SSSR count). The Balaban J connectivity index is 2.85. The Hall–Kier alpha value is -1.75. The van der Waals surface area contributed by atoms with Crippen molar-refractivity contribution in [1.82, 2.24) is 4.90 Å². The molecule has 6 heteroatoms. The van der Waals surface area contributed by atoms with Crippen LogP contribution in [0.15, 0.2) is 18.2 Å². The standard InChI is InChI=1S/C14H20ClN3O2/c1-5-18(14(2,3)4)13(20)12(19)17-9-6-7-11(16)10(15)8-9/h6-8H,5,16H2,1-4H3,(H,17,19). The maximum absolute atomic E-state index is 12.1. The number of nitrogen functional groups attached to an aromatic ring is 1. The molecule has 20 heavy (non-hydrogen) atoms. The lowest BCUT2D eigenvalue weighted by Crippen LogP contribution is -2.49. The van der Waals surface area contributed by atoms with Crippen molar-refractivity contribution >= 4 is 34.8 Å². The maximum Gasteiger partial charge on any atom is 0.313 e. The molecule has 0 heterocycles. The molecule has 0 aliphatic carbocycles. The lowest BCUT2D eigenvalue weighted by molar-refractivity contribution is -0.146. The molecule has 0 aliphatic rings. The topological polar surface area (TPSA) is 75.4 Å². The number of anilines is 2. The van der Waals surface area contributed by atoms with Crippen LogP contribution in [0.1, 0.15) is 27.7 Å². The number of carbonyl (C=O) groups is 2. The van der Waals surface area contributed by atoms with Gasteiger partial charge in [-0.25, -0.2) is 0 Å². The minimum absolute atomic E-state index is 0.332. The first kappa shape index (κ1) is 16.3. The molecule has 5 nitrogen and oxygen atoms in total. The van der Waals surface area contributed by atoms with Crippen molar-refractivity contribution in [3.63, 3.8) is 0 Å². The molecule has 0 aromatic heterocycles. The highest BCUT2D eigenvalue weighted by atomic mass is 35.5. The first-order chi connectivity index (χ1) is 9.16. The lowest BCUT2D eigenvalue weighted by Gasteiger charge is -2.34. The summed E-state index contributed by atoms with van der Waals surface area (Å²) in [5.74, 6) is -1.27. The number of hydrogen-bond acceptors (Lipinski definition) is 3. The van der Waals surface area contributed by atoms with Crippen molar-refractivity contribution in [3.8, 4) is 0 Å². The van der Waals surface area contributed by atoms with Crippen LogP contribution >= 0.6 is 11.6 Å². The van der Waals surface area contributed by atoms with E-state index >= 15 is 0 Å². The fourth-order valence-electron chi connectivity index (χ4n) is 1.83. The molecule has 0 saturated carbocycles. The van der Waals surface area contributed by atoms with E-state index in [1.54, 1.807) is 12.1 Å². The molecule has 1 aromatic carbocycles. The number of likely N-dealkylation sites (N-methyl/N-ethyl adjacent to an activating group) is 1. The number of rotatable bonds is 2. The fraction of sp³-hybridized carbons (Fsp3) is 0.429. The number of nitrogens with two attached hydrogens (primary N) is 1. The van der Waals surface area contributed by atoms with Gasteiger partial charge in [0.1, 0.15) is 0 Å². The van der Waals surface area contributed by atoms with E-state index in [9.17, 15) is 9.59 Å². The Bertz CT molecular complexity index is 524. The average molecular weight is 298 g/mol. The molecule has 1 aromatic rings. The number of carbonyl (C=O) groups excluding carboxylic acids is 2. The van der Waals surface area contributed by atoms with Crippen LogP contribution in [0.4, 0.5) is 11.4 Å². The number of benzene rings is 1. The van der Waals surface area contributed by atoms with E-state index in [1.807, 2.05) is 27.7 Å². The van der Waals surface area contributed by atoms with Gasteiger partial charge >= 0.3 is 11.8 Å². The Morgan fingerprint density at radius 1 is 1.35 bits per heavy atom. The summed E-state index contributed by atoms with van der Waals surface area (Å²) >= 11 is 5.87. The van der Waals surface area contributed by atoms with Gasteiger partial charge in [0.05, 0.1) is 10.7 Å². The van der Waals surface area contributed by atoms with E-state index in [2.05, 4.69) is 5.32 Å². The van der Waals surface area contributed by atoms with Crippen molar-refractivity contribution in [1.29, 1.82) is 0 Å². The molecule has 0 fully saturated rings. The molecule has 0 spiro atoms. The van der Waals surface area contributed by atoms with Crippen LogP contribution in [0.5, 0.6) is 0 Å². The van der Waals surface area contributed by atoms with Crippen molar-refractivity contribution in [2.75, 3.05) is 17.6 Å². The smallest absolute Gasteiger partial charge is 0.313 e. The van der Waals surface area contributed by atoms with Crippen LogP contribution in [-0.2, 0) is 9.59 Å². The first-order valence-electron chi connectivity index (χ1n) is 6.34. The minimum Gasteiger partial charge on any atom is -0.398 e. The Kier molecular flexibility index (Phi) is 5.00. The molecule has 0 bridgehead atoms. The van der Waals surface area contributed by atoms with Crippen LogP contribution in [0.3, 0.4) is 0 Å². The fourth-order valence-corrected chi connectivity index (χ4v) is 2.02. The molecule has 0 unspecified atom stereocenters. The summed E-state index contributed by atoms with van der Waals surface area (Å²) in [4.78, 5) is 25.6. The third kappa shape index (κ3) is 3.87. The van der Waals surface area contributed by atoms with Gasteiger partial charge in [-0.15, -0.1) is 0 Å². The Morgan fingerprint density at radius 2 is 1.95 bits per heavy atom. The van der Waals surface area contributed by atoms with Gasteiger partial charge in [-0.3, -0.25) is 9.59 Å². The molecular formula is C14H20ClN3O2.